The minimum Gasteiger partial charge on any atom is -0.338 e. The summed E-state index contributed by atoms with van der Waals surface area (Å²) >= 11 is 0. The number of hydrogen-bond acceptors (Lipinski definition) is 2. The molecule has 0 radical (unpaired) electrons. The van der Waals surface area contributed by atoms with Crippen LogP contribution in [0, 0.1) is 5.41 Å². The Morgan fingerprint density at radius 3 is 2.32 bits per heavy atom. The van der Waals surface area contributed by atoms with Gasteiger partial charge in [0.05, 0.1) is 12.0 Å². The average molecular weight is 417 g/mol. The number of benzene rings is 1. The summed E-state index contributed by atoms with van der Waals surface area (Å²) in [6.07, 6.45) is 2.11. The third-order valence-electron chi connectivity index (χ3n) is 5.78. The molecule has 2 aliphatic rings. The summed E-state index contributed by atoms with van der Waals surface area (Å²) in [6.45, 7) is 7.78. The molecule has 28 heavy (non-hydrogen) atoms. The van der Waals surface area contributed by atoms with Gasteiger partial charge in [0, 0.05) is 32.2 Å². The number of carbonyl (C=O) groups excluding carboxylic acids is 1. The largest absolute Gasteiger partial charge is 0.416 e. The first kappa shape index (κ1) is 22.8. The number of halogens is 4. The lowest BCUT2D eigenvalue weighted by atomic mass is 9.76. The Hall–Kier alpha value is -1.53. The zero-order valence-electron chi connectivity index (χ0n) is 16.3. The molecule has 3 rings (SSSR count). The molecule has 0 N–H and O–H groups in total. The van der Waals surface area contributed by atoms with Gasteiger partial charge in [-0.3, -0.25) is 9.69 Å². The van der Waals surface area contributed by atoms with Gasteiger partial charge in [-0.2, -0.15) is 13.2 Å². The van der Waals surface area contributed by atoms with E-state index in [0.717, 1.165) is 51.2 Å². The normalized spacial score (nSPS) is 22.2. The molecule has 0 saturated carbocycles. The fraction of sp³-hybridized carbons (Fsp3) is 0.571. The summed E-state index contributed by atoms with van der Waals surface area (Å²) in [5.74, 6) is -0.000287. The van der Waals surface area contributed by atoms with Crippen molar-refractivity contribution in [2.24, 2.45) is 5.41 Å². The van der Waals surface area contributed by atoms with Crippen molar-refractivity contribution in [2.45, 2.75) is 45.3 Å². The van der Waals surface area contributed by atoms with E-state index in [4.69, 9.17) is 0 Å². The first-order chi connectivity index (χ1) is 12.7. The molecule has 1 amide bonds. The van der Waals surface area contributed by atoms with Crippen molar-refractivity contribution in [2.75, 3.05) is 26.2 Å². The molecule has 7 heteroatoms. The zero-order chi connectivity index (χ0) is 19.7. The molecule has 1 atom stereocenters. The predicted molar refractivity (Wildman–Crippen MR) is 106 cm³/mol. The highest BCUT2D eigenvalue weighted by molar-refractivity contribution is 5.85. The minimum absolute atomic E-state index is 0. The Bertz CT molecular complexity index is 693. The lowest BCUT2D eigenvalue weighted by Gasteiger charge is -2.48. The highest BCUT2D eigenvalue weighted by Crippen LogP contribution is 2.36. The van der Waals surface area contributed by atoms with E-state index in [1.54, 1.807) is 0 Å². The van der Waals surface area contributed by atoms with E-state index in [2.05, 4.69) is 30.9 Å². The lowest BCUT2D eigenvalue weighted by molar-refractivity contribution is -0.139. The molecule has 2 heterocycles. The van der Waals surface area contributed by atoms with Gasteiger partial charge in [0.25, 0.3) is 0 Å². The first-order valence-corrected chi connectivity index (χ1v) is 9.50. The maximum atomic E-state index is 13.0. The van der Waals surface area contributed by atoms with Gasteiger partial charge in [-0.25, -0.2) is 0 Å². The Kier molecular flexibility index (Phi) is 7.21. The Labute approximate surface area is 171 Å². The number of alkyl halides is 3. The zero-order valence-corrected chi connectivity index (χ0v) is 17.2. The van der Waals surface area contributed by atoms with Crippen molar-refractivity contribution < 1.29 is 18.0 Å². The smallest absolute Gasteiger partial charge is 0.338 e. The molecule has 0 bridgehead atoms. The molecule has 156 valence electrons. The average Bonchev–Trinajstić information content (AvgIpc) is 3.09. The Morgan fingerprint density at radius 1 is 1.14 bits per heavy atom. The van der Waals surface area contributed by atoms with Crippen LogP contribution in [0.3, 0.4) is 0 Å². The third kappa shape index (κ3) is 5.29. The van der Waals surface area contributed by atoms with Crippen LogP contribution in [0.1, 0.15) is 37.8 Å². The maximum Gasteiger partial charge on any atom is 0.416 e. The molecule has 1 aromatic carbocycles. The van der Waals surface area contributed by atoms with Crippen LogP contribution >= 0.6 is 12.4 Å². The summed E-state index contributed by atoms with van der Waals surface area (Å²) in [6, 6.07) is 5.05. The minimum atomic E-state index is -4.35. The van der Waals surface area contributed by atoms with Crippen LogP contribution in [-0.2, 0) is 17.4 Å². The molecule has 2 aliphatic heterocycles. The molecule has 1 saturated heterocycles. The van der Waals surface area contributed by atoms with Gasteiger partial charge < -0.3 is 4.90 Å². The monoisotopic (exact) mass is 416 g/mol. The van der Waals surface area contributed by atoms with Gasteiger partial charge in [-0.1, -0.05) is 38.1 Å². The SMILES string of the molecule is CC1(C)CCCN(C(=O)Cc2ccc(C(F)(F)F)cc2)C1CN1CC=CC1.Cl. The van der Waals surface area contributed by atoms with Crippen molar-refractivity contribution >= 4 is 18.3 Å². The summed E-state index contributed by atoms with van der Waals surface area (Å²) in [5, 5.41) is 0. The Balaban J connectivity index is 0.00000280. The number of carbonyl (C=O) groups is 1. The summed E-state index contributed by atoms with van der Waals surface area (Å²) in [5.41, 5.74) is -0.0356. The van der Waals surface area contributed by atoms with E-state index in [1.165, 1.54) is 12.1 Å². The fourth-order valence-electron chi connectivity index (χ4n) is 4.10. The van der Waals surface area contributed by atoms with Gasteiger partial charge >= 0.3 is 6.18 Å². The molecule has 0 spiro atoms. The number of likely N-dealkylation sites (tertiary alicyclic amines) is 1. The van der Waals surface area contributed by atoms with Crippen LogP contribution in [0.2, 0.25) is 0 Å². The van der Waals surface area contributed by atoms with Crippen LogP contribution in [0.15, 0.2) is 36.4 Å². The third-order valence-corrected chi connectivity index (χ3v) is 5.78. The molecule has 1 aromatic rings. The molecular weight excluding hydrogens is 389 g/mol. The van der Waals surface area contributed by atoms with Crippen molar-refractivity contribution in [3.63, 3.8) is 0 Å². The molecule has 0 aromatic heterocycles. The second-order valence-corrected chi connectivity index (χ2v) is 8.26. The standard InChI is InChI=1S/C21H27F3N2O.ClH/c1-20(2)10-5-13-26(18(20)15-25-11-3-4-12-25)19(27)14-16-6-8-17(9-7-16)21(22,23)24;/h3-4,6-9,18H,5,10-15H2,1-2H3;1H. The quantitative estimate of drug-likeness (QED) is 0.672. The summed E-state index contributed by atoms with van der Waals surface area (Å²) < 4.78 is 38.2. The van der Waals surface area contributed by atoms with E-state index < -0.39 is 11.7 Å². The van der Waals surface area contributed by atoms with E-state index in [9.17, 15) is 18.0 Å². The lowest BCUT2D eigenvalue weighted by Crippen LogP contribution is -2.57. The van der Waals surface area contributed by atoms with Gasteiger partial charge in [0.15, 0.2) is 0 Å². The van der Waals surface area contributed by atoms with Crippen molar-refractivity contribution in [3.8, 4) is 0 Å². The Morgan fingerprint density at radius 2 is 1.75 bits per heavy atom. The number of hydrogen-bond donors (Lipinski definition) is 0. The summed E-state index contributed by atoms with van der Waals surface area (Å²) in [7, 11) is 0. The first-order valence-electron chi connectivity index (χ1n) is 9.50. The van der Waals surface area contributed by atoms with Gasteiger partial charge in [0.2, 0.25) is 5.91 Å². The van der Waals surface area contributed by atoms with E-state index in [1.807, 2.05) is 4.90 Å². The second-order valence-electron chi connectivity index (χ2n) is 8.26. The van der Waals surface area contributed by atoms with E-state index >= 15 is 0 Å². The number of nitrogens with zero attached hydrogens (tertiary/aromatic N) is 2. The molecule has 1 unspecified atom stereocenters. The number of amides is 1. The van der Waals surface area contributed by atoms with Crippen LogP contribution in [0.25, 0.3) is 0 Å². The number of rotatable bonds is 4. The van der Waals surface area contributed by atoms with Gasteiger partial charge in [-0.05, 0) is 36.0 Å². The van der Waals surface area contributed by atoms with Crippen molar-refractivity contribution in [1.82, 2.24) is 9.80 Å². The highest BCUT2D eigenvalue weighted by atomic mass is 35.5. The fourth-order valence-corrected chi connectivity index (χ4v) is 4.10. The van der Waals surface area contributed by atoms with Crippen LogP contribution in [0.4, 0.5) is 13.2 Å². The van der Waals surface area contributed by atoms with Crippen molar-refractivity contribution in [3.05, 3.63) is 47.5 Å². The van der Waals surface area contributed by atoms with Crippen LogP contribution in [0.5, 0.6) is 0 Å². The van der Waals surface area contributed by atoms with Crippen molar-refractivity contribution in [1.29, 1.82) is 0 Å². The van der Waals surface area contributed by atoms with Crippen LogP contribution < -0.4 is 0 Å². The molecule has 1 fully saturated rings. The maximum absolute atomic E-state index is 13.0. The molecule has 0 aliphatic carbocycles. The summed E-state index contributed by atoms with van der Waals surface area (Å²) in [4.78, 5) is 17.3. The predicted octanol–water partition coefficient (Wildman–Crippen LogP) is 4.56. The molecular formula is C21H28ClF3N2O. The van der Waals surface area contributed by atoms with Gasteiger partial charge in [0.1, 0.15) is 0 Å². The van der Waals surface area contributed by atoms with Crippen LogP contribution in [-0.4, -0.2) is 47.9 Å². The number of piperidine rings is 1. The highest BCUT2D eigenvalue weighted by Gasteiger charge is 2.40. The van der Waals surface area contributed by atoms with E-state index in [-0.39, 0.29) is 36.2 Å². The van der Waals surface area contributed by atoms with Gasteiger partial charge in [-0.15, -0.1) is 12.4 Å². The molecule has 3 nitrogen and oxygen atoms in total. The topological polar surface area (TPSA) is 23.6 Å². The second kappa shape index (κ2) is 8.87. The van der Waals surface area contributed by atoms with E-state index in [0.29, 0.717) is 5.56 Å².